The second-order valence-electron chi connectivity index (χ2n) is 4.97. The Bertz CT molecular complexity index is 704. The summed E-state index contributed by atoms with van der Waals surface area (Å²) in [5.41, 5.74) is 2.79. The maximum absolute atomic E-state index is 11.7. The predicted molar refractivity (Wildman–Crippen MR) is 83.3 cm³/mol. The Morgan fingerprint density at radius 3 is 2.41 bits per heavy atom. The molecule has 0 bridgehead atoms. The van der Waals surface area contributed by atoms with Crippen LogP contribution in [0.1, 0.15) is 38.8 Å². The molecule has 0 N–H and O–H groups in total. The summed E-state index contributed by atoms with van der Waals surface area (Å²) in [6.45, 7) is 3.66. The maximum Gasteiger partial charge on any atom is 0.338 e. The maximum atomic E-state index is 11.7. The molecule has 114 valence electrons. The van der Waals surface area contributed by atoms with E-state index in [0.717, 1.165) is 11.1 Å². The van der Waals surface area contributed by atoms with E-state index >= 15 is 0 Å². The lowest BCUT2D eigenvalue weighted by Crippen LogP contribution is -2.08. The zero-order valence-corrected chi connectivity index (χ0v) is 12.9. The Morgan fingerprint density at radius 2 is 1.77 bits per heavy atom. The van der Waals surface area contributed by atoms with E-state index in [1.165, 1.54) is 14.0 Å². The van der Waals surface area contributed by atoms with Crippen LogP contribution in [0.15, 0.2) is 42.5 Å². The summed E-state index contributed by atoms with van der Waals surface area (Å²) in [4.78, 5) is 23.1. The second kappa shape index (κ2) is 6.89. The molecule has 0 aliphatic carbocycles. The molecule has 0 aliphatic heterocycles. The van der Waals surface area contributed by atoms with Gasteiger partial charge in [-0.2, -0.15) is 0 Å². The number of esters is 1. The number of hydrogen-bond donors (Lipinski definition) is 0. The number of methoxy groups -OCH3 is 1. The molecule has 4 heteroatoms. The summed E-state index contributed by atoms with van der Waals surface area (Å²) < 4.78 is 10.5. The molecule has 0 radical (unpaired) electrons. The van der Waals surface area contributed by atoms with Gasteiger partial charge < -0.3 is 9.47 Å². The highest BCUT2D eigenvalue weighted by atomic mass is 16.5. The molecule has 0 saturated carbocycles. The molecule has 0 aliphatic rings. The number of benzene rings is 2. The highest BCUT2D eigenvalue weighted by molar-refractivity contribution is 5.95. The van der Waals surface area contributed by atoms with Crippen molar-refractivity contribution < 1.29 is 19.1 Å². The van der Waals surface area contributed by atoms with Gasteiger partial charge in [0, 0.05) is 11.1 Å². The van der Waals surface area contributed by atoms with Crippen LogP contribution in [0.25, 0.3) is 0 Å². The standard InChI is InChI=1S/C18H18O4/c1-12-10-15(8-9-16(12)13(2)19)22-11-14-6-4-5-7-17(14)18(20)21-3/h4-10H,11H2,1-3H3. The smallest absolute Gasteiger partial charge is 0.338 e. The minimum Gasteiger partial charge on any atom is -0.489 e. The normalized spacial score (nSPS) is 10.1. The zero-order valence-electron chi connectivity index (χ0n) is 12.9. The number of rotatable bonds is 5. The van der Waals surface area contributed by atoms with Crippen LogP contribution in [0.5, 0.6) is 5.75 Å². The fraction of sp³-hybridized carbons (Fsp3) is 0.222. The van der Waals surface area contributed by atoms with Crippen molar-refractivity contribution in [1.82, 2.24) is 0 Å². The molecule has 0 saturated heterocycles. The van der Waals surface area contributed by atoms with Crippen molar-refractivity contribution >= 4 is 11.8 Å². The first kappa shape index (κ1) is 15.8. The van der Waals surface area contributed by atoms with Crippen LogP contribution in [0.3, 0.4) is 0 Å². The topological polar surface area (TPSA) is 52.6 Å². The molecule has 0 spiro atoms. The van der Waals surface area contributed by atoms with Crippen molar-refractivity contribution in [3.8, 4) is 5.75 Å². The summed E-state index contributed by atoms with van der Waals surface area (Å²) in [5, 5.41) is 0. The molecule has 0 aromatic heterocycles. The van der Waals surface area contributed by atoms with Crippen LogP contribution in [0, 0.1) is 6.92 Å². The first-order chi connectivity index (χ1) is 10.5. The van der Waals surface area contributed by atoms with Crippen LogP contribution in [-0.4, -0.2) is 18.9 Å². The van der Waals surface area contributed by atoms with Gasteiger partial charge in [0.05, 0.1) is 12.7 Å². The van der Waals surface area contributed by atoms with Gasteiger partial charge in [0.1, 0.15) is 12.4 Å². The number of ether oxygens (including phenoxy) is 2. The molecule has 0 heterocycles. The van der Waals surface area contributed by atoms with Crippen LogP contribution >= 0.6 is 0 Å². The van der Waals surface area contributed by atoms with Crippen molar-refractivity contribution in [2.75, 3.05) is 7.11 Å². The molecular formula is C18H18O4. The quantitative estimate of drug-likeness (QED) is 0.625. The molecular weight excluding hydrogens is 280 g/mol. The molecule has 2 rings (SSSR count). The lowest BCUT2D eigenvalue weighted by molar-refractivity contribution is 0.0597. The van der Waals surface area contributed by atoms with Gasteiger partial charge in [-0.15, -0.1) is 0 Å². The minimum atomic E-state index is -0.387. The fourth-order valence-electron chi connectivity index (χ4n) is 2.24. The summed E-state index contributed by atoms with van der Waals surface area (Å²) in [5.74, 6) is 0.296. The zero-order chi connectivity index (χ0) is 16.1. The number of Topliss-reactive ketones (excluding diaryl/α,β-unsaturated/α-hetero) is 1. The van der Waals surface area contributed by atoms with Crippen LogP contribution < -0.4 is 4.74 Å². The van der Waals surface area contributed by atoms with E-state index in [2.05, 4.69) is 0 Å². The average Bonchev–Trinajstić information content (AvgIpc) is 2.52. The Labute approximate surface area is 129 Å². The third kappa shape index (κ3) is 3.52. The molecule has 2 aromatic rings. The fourth-order valence-corrected chi connectivity index (χ4v) is 2.24. The molecule has 22 heavy (non-hydrogen) atoms. The summed E-state index contributed by atoms with van der Waals surface area (Å²) in [6, 6.07) is 12.5. The first-order valence-corrected chi connectivity index (χ1v) is 6.93. The molecule has 4 nitrogen and oxygen atoms in total. The van der Waals surface area contributed by atoms with Gasteiger partial charge in [-0.05, 0) is 43.7 Å². The van der Waals surface area contributed by atoms with Gasteiger partial charge in [-0.1, -0.05) is 18.2 Å². The summed E-state index contributed by atoms with van der Waals surface area (Å²) in [7, 11) is 1.35. The molecule has 0 unspecified atom stereocenters. The van der Waals surface area contributed by atoms with Crippen molar-refractivity contribution in [2.24, 2.45) is 0 Å². The Kier molecular flexibility index (Phi) is 4.94. The Balaban J connectivity index is 2.16. The van der Waals surface area contributed by atoms with Crippen LogP contribution in [0.2, 0.25) is 0 Å². The number of ketones is 1. The third-order valence-electron chi connectivity index (χ3n) is 3.39. The average molecular weight is 298 g/mol. The highest BCUT2D eigenvalue weighted by Crippen LogP contribution is 2.20. The van der Waals surface area contributed by atoms with E-state index in [4.69, 9.17) is 9.47 Å². The van der Waals surface area contributed by atoms with Gasteiger partial charge >= 0.3 is 5.97 Å². The van der Waals surface area contributed by atoms with Crippen molar-refractivity contribution in [1.29, 1.82) is 0 Å². The predicted octanol–water partition coefficient (Wildman–Crippen LogP) is 3.56. The van der Waals surface area contributed by atoms with E-state index in [9.17, 15) is 9.59 Å². The molecule has 0 fully saturated rings. The largest absolute Gasteiger partial charge is 0.489 e. The van der Waals surface area contributed by atoms with E-state index < -0.39 is 0 Å². The van der Waals surface area contributed by atoms with Crippen molar-refractivity contribution in [3.63, 3.8) is 0 Å². The van der Waals surface area contributed by atoms with E-state index in [-0.39, 0.29) is 18.4 Å². The Morgan fingerprint density at radius 1 is 1.05 bits per heavy atom. The van der Waals surface area contributed by atoms with E-state index in [1.54, 1.807) is 24.3 Å². The third-order valence-corrected chi connectivity index (χ3v) is 3.39. The number of carbonyl (C=O) groups excluding carboxylic acids is 2. The van der Waals surface area contributed by atoms with Crippen LogP contribution in [0.4, 0.5) is 0 Å². The van der Waals surface area contributed by atoms with Gasteiger partial charge in [-0.3, -0.25) is 4.79 Å². The van der Waals surface area contributed by atoms with Crippen molar-refractivity contribution in [3.05, 3.63) is 64.7 Å². The van der Waals surface area contributed by atoms with Gasteiger partial charge in [0.2, 0.25) is 0 Å². The summed E-state index contributed by atoms with van der Waals surface area (Å²) >= 11 is 0. The first-order valence-electron chi connectivity index (χ1n) is 6.93. The number of aryl methyl sites for hydroxylation is 1. The summed E-state index contributed by atoms with van der Waals surface area (Å²) in [6.07, 6.45) is 0. The monoisotopic (exact) mass is 298 g/mol. The van der Waals surface area contributed by atoms with Crippen LogP contribution in [-0.2, 0) is 11.3 Å². The van der Waals surface area contributed by atoms with E-state index in [1.807, 2.05) is 25.1 Å². The minimum absolute atomic E-state index is 0.0279. The van der Waals surface area contributed by atoms with Gasteiger partial charge in [-0.25, -0.2) is 4.79 Å². The highest BCUT2D eigenvalue weighted by Gasteiger charge is 2.11. The number of carbonyl (C=O) groups is 2. The molecule has 0 atom stereocenters. The van der Waals surface area contributed by atoms with Crippen molar-refractivity contribution in [2.45, 2.75) is 20.5 Å². The molecule has 0 amide bonds. The number of hydrogen-bond acceptors (Lipinski definition) is 4. The molecule has 2 aromatic carbocycles. The SMILES string of the molecule is COC(=O)c1ccccc1COc1ccc(C(C)=O)c(C)c1. The Hall–Kier alpha value is -2.62. The second-order valence-corrected chi connectivity index (χ2v) is 4.97. The van der Waals surface area contributed by atoms with Gasteiger partial charge in [0.25, 0.3) is 0 Å². The lowest BCUT2D eigenvalue weighted by Gasteiger charge is -2.11. The van der Waals surface area contributed by atoms with E-state index in [0.29, 0.717) is 16.9 Å². The lowest BCUT2D eigenvalue weighted by atomic mass is 10.1. The van der Waals surface area contributed by atoms with Gasteiger partial charge in [0.15, 0.2) is 5.78 Å².